The van der Waals surface area contributed by atoms with Crippen LogP contribution in [0.5, 0.6) is 0 Å². The maximum absolute atomic E-state index is 11.9. The minimum atomic E-state index is -0.112. The molecule has 20 heavy (non-hydrogen) atoms. The summed E-state index contributed by atoms with van der Waals surface area (Å²) in [5.41, 5.74) is 1.10. The molecule has 2 N–H and O–H groups in total. The Bertz CT molecular complexity index is 642. The zero-order chi connectivity index (χ0) is 13.9. The highest BCUT2D eigenvalue weighted by Crippen LogP contribution is 2.13. The summed E-state index contributed by atoms with van der Waals surface area (Å²) in [4.78, 5) is 21.4. The molecule has 0 unspecified atom stereocenters. The van der Waals surface area contributed by atoms with Crippen LogP contribution in [0.4, 0.5) is 0 Å². The molecule has 3 heterocycles. The van der Waals surface area contributed by atoms with E-state index in [2.05, 4.69) is 25.3 Å². The van der Waals surface area contributed by atoms with Crippen LogP contribution in [0.15, 0.2) is 21.6 Å². The van der Waals surface area contributed by atoms with E-state index in [-0.39, 0.29) is 11.3 Å². The van der Waals surface area contributed by atoms with Crippen molar-refractivity contribution in [3.63, 3.8) is 0 Å². The molecule has 0 atom stereocenters. The van der Waals surface area contributed by atoms with Gasteiger partial charge in [0.1, 0.15) is 5.56 Å². The molecule has 0 bridgehead atoms. The second-order valence-electron chi connectivity index (χ2n) is 4.94. The Morgan fingerprint density at radius 1 is 1.40 bits per heavy atom. The number of aryl methyl sites for hydroxylation is 1. The van der Waals surface area contributed by atoms with E-state index in [9.17, 15) is 4.79 Å². The molecule has 1 saturated heterocycles. The summed E-state index contributed by atoms with van der Waals surface area (Å²) in [6.45, 7) is 6.36. The van der Waals surface area contributed by atoms with E-state index in [1.54, 1.807) is 6.20 Å². The number of hydrogen-bond acceptors (Lipinski definition) is 6. The molecular formula is C13H17N5O2. The average Bonchev–Trinajstić information content (AvgIpc) is 2.88. The number of piperazine rings is 1. The quantitative estimate of drug-likeness (QED) is 0.828. The number of aromatic amines is 1. The van der Waals surface area contributed by atoms with E-state index < -0.39 is 0 Å². The van der Waals surface area contributed by atoms with Gasteiger partial charge < -0.3 is 14.8 Å². The third-order valence-electron chi connectivity index (χ3n) is 3.33. The van der Waals surface area contributed by atoms with Crippen molar-refractivity contribution in [2.45, 2.75) is 13.5 Å². The van der Waals surface area contributed by atoms with Crippen molar-refractivity contribution in [3.05, 3.63) is 34.0 Å². The summed E-state index contributed by atoms with van der Waals surface area (Å²) in [5.74, 6) is 0.887. The highest BCUT2D eigenvalue weighted by atomic mass is 16.5. The third kappa shape index (κ3) is 2.78. The molecule has 7 heteroatoms. The van der Waals surface area contributed by atoms with Crippen molar-refractivity contribution in [3.8, 4) is 11.5 Å². The lowest BCUT2D eigenvalue weighted by Crippen LogP contribution is -2.43. The maximum atomic E-state index is 11.9. The van der Waals surface area contributed by atoms with Gasteiger partial charge in [0, 0.05) is 44.1 Å². The Labute approximate surface area is 116 Å². The fraction of sp³-hybridized carbons (Fsp3) is 0.462. The smallest absolute Gasteiger partial charge is 0.263 e. The monoisotopic (exact) mass is 275 g/mol. The van der Waals surface area contributed by atoms with Gasteiger partial charge in [-0.3, -0.25) is 9.69 Å². The standard InChI is InChI=1S/C13H17N5O2/c1-9-6-11(19)10(7-15-9)13-16-12(17-20-13)8-18-4-2-14-3-5-18/h6-7,14H,2-5,8H2,1H3,(H,15,19). The van der Waals surface area contributed by atoms with Crippen molar-refractivity contribution in [1.82, 2.24) is 25.3 Å². The van der Waals surface area contributed by atoms with Crippen molar-refractivity contribution >= 4 is 0 Å². The van der Waals surface area contributed by atoms with E-state index >= 15 is 0 Å². The normalized spacial score (nSPS) is 16.4. The molecule has 2 aromatic heterocycles. The van der Waals surface area contributed by atoms with Crippen LogP contribution in [0.3, 0.4) is 0 Å². The number of nitrogens with zero attached hydrogens (tertiary/aromatic N) is 3. The van der Waals surface area contributed by atoms with E-state index in [0.717, 1.165) is 31.9 Å². The number of pyridine rings is 1. The molecule has 1 aliphatic rings. The first-order valence-electron chi connectivity index (χ1n) is 6.68. The fourth-order valence-corrected chi connectivity index (χ4v) is 2.24. The predicted molar refractivity (Wildman–Crippen MR) is 73.2 cm³/mol. The zero-order valence-corrected chi connectivity index (χ0v) is 11.3. The molecule has 0 saturated carbocycles. The SMILES string of the molecule is Cc1cc(=O)c(-c2nc(CN3CCNCC3)no2)c[nH]1. The Morgan fingerprint density at radius 3 is 2.95 bits per heavy atom. The van der Waals surface area contributed by atoms with Crippen LogP contribution in [-0.2, 0) is 6.54 Å². The van der Waals surface area contributed by atoms with Gasteiger partial charge in [0.25, 0.3) is 5.89 Å². The van der Waals surface area contributed by atoms with E-state index in [0.29, 0.717) is 17.9 Å². The number of nitrogens with one attached hydrogen (secondary N) is 2. The highest BCUT2D eigenvalue weighted by molar-refractivity contribution is 5.50. The van der Waals surface area contributed by atoms with Gasteiger partial charge in [0.05, 0.1) is 6.54 Å². The van der Waals surface area contributed by atoms with Gasteiger partial charge >= 0.3 is 0 Å². The van der Waals surface area contributed by atoms with E-state index in [4.69, 9.17) is 4.52 Å². The molecule has 7 nitrogen and oxygen atoms in total. The first-order valence-corrected chi connectivity index (χ1v) is 6.68. The molecule has 1 aliphatic heterocycles. The first kappa shape index (κ1) is 13.0. The first-order chi connectivity index (χ1) is 9.72. The maximum Gasteiger partial charge on any atom is 0.263 e. The van der Waals surface area contributed by atoms with Gasteiger partial charge in [-0.15, -0.1) is 0 Å². The van der Waals surface area contributed by atoms with Crippen LogP contribution in [0.25, 0.3) is 11.5 Å². The van der Waals surface area contributed by atoms with Gasteiger partial charge in [0.15, 0.2) is 11.3 Å². The molecule has 1 fully saturated rings. The van der Waals surface area contributed by atoms with Crippen LogP contribution in [0.1, 0.15) is 11.5 Å². The summed E-state index contributed by atoms with van der Waals surface area (Å²) >= 11 is 0. The molecule has 106 valence electrons. The summed E-state index contributed by atoms with van der Waals surface area (Å²) in [5, 5.41) is 7.24. The Morgan fingerprint density at radius 2 is 2.20 bits per heavy atom. The van der Waals surface area contributed by atoms with Crippen molar-refractivity contribution in [2.75, 3.05) is 26.2 Å². The lowest BCUT2D eigenvalue weighted by Gasteiger charge is -2.25. The molecule has 0 aromatic carbocycles. The zero-order valence-electron chi connectivity index (χ0n) is 11.3. The second kappa shape index (κ2) is 5.56. The van der Waals surface area contributed by atoms with Gasteiger partial charge in [0.2, 0.25) is 0 Å². The van der Waals surface area contributed by atoms with Crippen LogP contribution in [0.2, 0.25) is 0 Å². The molecule has 0 radical (unpaired) electrons. The Balaban J connectivity index is 1.77. The Hall–Kier alpha value is -1.99. The van der Waals surface area contributed by atoms with Crippen LogP contribution in [0, 0.1) is 6.92 Å². The van der Waals surface area contributed by atoms with Gasteiger partial charge in [-0.1, -0.05) is 5.16 Å². The van der Waals surface area contributed by atoms with Crippen LogP contribution < -0.4 is 10.7 Å². The minimum Gasteiger partial charge on any atom is -0.364 e. The van der Waals surface area contributed by atoms with Crippen molar-refractivity contribution < 1.29 is 4.52 Å². The minimum absolute atomic E-state index is 0.112. The molecule has 0 amide bonds. The summed E-state index contributed by atoms with van der Waals surface area (Å²) < 4.78 is 5.19. The third-order valence-corrected chi connectivity index (χ3v) is 3.33. The second-order valence-corrected chi connectivity index (χ2v) is 4.94. The summed E-state index contributed by atoms with van der Waals surface area (Å²) in [7, 11) is 0. The molecule has 2 aromatic rings. The van der Waals surface area contributed by atoms with Crippen molar-refractivity contribution in [2.24, 2.45) is 0 Å². The Kier molecular flexibility index (Phi) is 3.62. The van der Waals surface area contributed by atoms with Crippen LogP contribution >= 0.6 is 0 Å². The van der Waals surface area contributed by atoms with Gasteiger partial charge in [-0.2, -0.15) is 4.98 Å². The fourth-order valence-electron chi connectivity index (χ4n) is 2.24. The molecule has 0 spiro atoms. The molecule has 3 rings (SSSR count). The predicted octanol–water partition coefficient (Wildman–Crippen LogP) is 0.139. The number of aromatic nitrogens is 3. The average molecular weight is 275 g/mol. The van der Waals surface area contributed by atoms with Gasteiger partial charge in [-0.25, -0.2) is 0 Å². The number of rotatable bonds is 3. The van der Waals surface area contributed by atoms with Gasteiger partial charge in [-0.05, 0) is 6.92 Å². The molecular weight excluding hydrogens is 258 g/mol. The number of hydrogen-bond donors (Lipinski definition) is 2. The number of H-pyrrole nitrogens is 1. The topological polar surface area (TPSA) is 87.1 Å². The lowest BCUT2D eigenvalue weighted by molar-refractivity contribution is 0.225. The van der Waals surface area contributed by atoms with Crippen LogP contribution in [-0.4, -0.2) is 46.2 Å². The van der Waals surface area contributed by atoms with E-state index in [1.807, 2.05) is 6.92 Å². The molecule has 0 aliphatic carbocycles. The summed E-state index contributed by atoms with van der Waals surface area (Å²) in [6.07, 6.45) is 1.61. The summed E-state index contributed by atoms with van der Waals surface area (Å²) in [6, 6.07) is 1.52. The van der Waals surface area contributed by atoms with Crippen molar-refractivity contribution in [1.29, 1.82) is 0 Å². The lowest BCUT2D eigenvalue weighted by atomic mass is 10.2. The van der Waals surface area contributed by atoms with E-state index in [1.165, 1.54) is 6.07 Å². The highest BCUT2D eigenvalue weighted by Gasteiger charge is 2.16. The largest absolute Gasteiger partial charge is 0.364 e.